The van der Waals surface area contributed by atoms with Crippen molar-refractivity contribution in [2.24, 2.45) is 0 Å². The molecule has 0 saturated heterocycles. The van der Waals surface area contributed by atoms with E-state index in [1.165, 1.54) is 11.1 Å². The molecule has 0 aliphatic carbocycles. The van der Waals surface area contributed by atoms with E-state index in [0.717, 1.165) is 16.7 Å². The third-order valence-corrected chi connectivity index (χ3v) is 4.64. The monoisotopic (exact) mass is 375 g/mol. The van der Waals surface area contributed by atoms with Crippen LogP contribution in [-0.4, -0.2) is 34.0 Å². The summed E-state index contributed by atoms with van der Waals surface area (Å²) >= 11 is 0. The molecule has 7 heteroatoms. The maximum absolute atomic E-state index is 12.6. The van der Waals surface area contributed by atoms with Gasteiger partial charge >= 0.3 is 0 Å². The van der Waals surface area contributed by atoms with E-state index in [1.807, 2.05) is 18.2 Å². The summed E-state index contributed by atoms with van der Waals surface area (Å²) in [7, 11) is 1.57. The average molecular weight is 375 g/mol. The van der Waals surface area contributed by atoms with Gasteiger partial charge in [0.2, 0.25) is 0 Å². The second-order valence-electron chi connectivity index (χ2n) is 6.32. The largest absolute Gasteiger partial charge is 0.496 e. The molecule has 1 aliphatic rings. The smallest absolute Gasteiger partial charge is 0.280 e. The number of nitrogens with one attached hydrogen (secondary N) is 1. The lowest BCUT2D eigenvalue weighted by molar-refractivity contribution is 0.0640. The van der Waals surface area contributed by atoms with E-state index >= 15 is 0 Å². The van der Waals surface area contributed by atoms with Gasteiger partial charge < -0.3 is 4.74 Å². The summed E-state index contributed by atoms with van der Waals surface area (Å²) in [6, 6.07) is 15.9. The first-order valence-electron chi connectivity index (χ1n) is 8.61. The number of ether oxygens (including phenoxy) is 1. The summed E-state index contributed by atoms with van der Waals surface area (Å²) in [6.45, 7) is 0.128. The molecular weight excluding hydrogens is 358 g/mol. The van der Waals surface area contributed by atoms with Gasteiger partial charge in [-0.15, -0.1) is 0 Å². The Kier molecular flexibility index (Phi) is 4.50. The van der Waals surface area contributed by atoms with Crippen LogP contribution in [-0.2, 0) is 6.54 Å². The van der Waals surface area contributed by atoms with Gasteiger partial charge in [0.15, 0.2) is 0 Å². The summed E-state index contributed by atoms with van der Waals surface area (Å²) in [4.78, 5) is 30.4. The van der Waals surface area contributed by atoms with E-state index in [2.05, 4.69) is 10.5 Å². The Balaban J connectivity index is 1.68. The van der Waals surface area contributed by atoms with Gasteiger partial charge in [-0.05, 0) is 47.5 Å². The fourth-order valence-electron chi connectivity index (χ4n) is 3.28. The van der Waals surface area contributed by atoms with Gasteiger partial charge in [-0.1, -0.05) is 18.2 Å². The van der Waals surface area contributed by atoms with Crippen molar-refractivity contribution in [1.82, 2.24) is 9.88 Å². The van der Waals surface area contributed by atoms with Crippen LogP contribution >= 0.6 is 0 Å². The molecule has 3 aromatic rings. The Morgan fingerprint density at radius 2 is 1.89 bits per heavy atom. The van der Waals surface area contributed by atoms with Gasteiger partial charge in [0.05, 0.1) is 24.9 Å². The lowest BCUT2D eigenvalue weighted by Crippen LogP contribution is -2.29. The Labute approximate surface area is 161 Å². The van der Waals surface area contributed by atoms with Gasteiger partial charge in [-0.3, -0.25) is 30.2 Å². The summed E-state index contributed by atoms with van der Waals surface area (Å²) in [5, 5.41) is 9.16. The van der Waals surface area contributed by atoms with Crippen LogP contribution in [0.3, 0.4) is 0 Å². The number of anilines is 1. The molecule has 4 rings (SSSR count). The van der Waals surface area contributed by atoms with Crippen LogP contribution in [0.5, 0.6) is 5.75 Å². The van der Waals surface area contributed by atoms with Crippen molar-refractivity contribution < 1.29 is 19.5 Å². The molecule has 140 valence electrons. The Morgan fingerprint density at radius 3 is 2.64 bits per heavy atom. The molecule has 1 aliphatic heterocycles. The Morgan fingerprint density at radius 1 is 1.04 bits per heavy atom. The first-order valence-corrected chi connectivity index (χ1v) is 8.61. The number of hydrogen-bond acceptors (Lipinski definition) is 6. The van der Waals surface area contributed by atoms with Crippen LogP contribution in [0.2, 0.25) is 0 Å². The third-order valence-electron chi connectivity index (χ3n) is 4.64. The maximum Gasteiger partial charge on any atom is 0.280 e. The highest BCUT2D eigenvalue weighted by Gasteiger charge is 2.36. The van der Waals surface area contributed by atoms with Crippen LogP contribution in [0.25, 0.3) is 11.1 Å². The molecule has 0 radical (unpaired) electrons. The van der Waals surface area contributed by atoms with Crippen LogP contribution in [0, 0.1) is 0 Å². The molecule has 0 saturated carbocycles. The van der Waals surface area contributed by atoms with Crippen LogP contribution in [0.4, 0.5) is 5.69 Å². The van der Waals surface area contributed by atoms with E-state index in [4.69, 9.17) is 9.94 Å². The number of amides is 2. The van der Waals surface area contributed by atoms with Crippen LogP contribution < -0.4 is 10.2 Å². The highest BCUT2D eigenvalue weighted by Crippen LogP contribution is 2.33. The lowest BCUT2D eigenvalue weighted by atomic mass is 10.0. The van der Waals surface area contributed by atoms with Crippen molar-refractivity contribution in [3.8, 4) is 16.9 Å². The number of hydrogen-bond donors (Lipinski definition) is 2. The predicted octanol–water partition coefficient (Wildman–Crippen LogP) is 3.35. The van der Waals surface area contributed by atoms with Gasteiger partial charge in [0, 0.05) is 11.8 Å². The Bertz CT molecular complexity index is 1050. The number of aromatic nitrogens is 1. The van der Waals surface area contributed by atoms with Gasteiger partial charge in [0.1, 0.15) is 11.4 Å². The molecule has 0 unspecified atom stereocenters. The number of pyridine rings is 1. The number of benzene rings is 2. The molecule has 2 heterocycles. The molecular formula is C21H17N3O4. The first-order chi connectivity index (χ1) is 13.6. The highest BCUT2D eigenvalue weighted by atomic mass is 16.5. The molecule has 2 aromatic carbocycles. The van der Waals surface area contributed by atoms with Crippen molar-refractivity contribution in [2.45, 2.75) is 6.54 Å². The zero-order chi connectivity index (χ0) is 19.7. The normalized spacial score (nSPS) is 12.9. The molecule has 0 fully saturated rings. The fraction of sp³-hybridized carbons (Fsp3) is 0.0952. The van der Waals surface area contributed by atoms with Crippen LogP contribution in [0.1, 0.15) is 26.4 Å². The zero-order valence-electron chi connectivity index (χ0n) is 15.0. The topological polar surface area (TPSA) is 91.8 Å². The van der Waals surface area contributed by atoms with E-state index in [0.29, 0.717) is 17.0 Å². The minimum atomic E-state index is -0.399. The van der Waals surface area contributed by atoms with Crippen molar-refractivity contribution in [1.29, 1.82) is 0 Å². The minimum Gasteiger partial charge on any atom is -0.496 e. The summed E-state index contributed by atoms with van der Waals surface area (Å²) < 4.78 is 5.45. The van der Waals surface area contributed by atoms with Crippen molar-refractivity contribution in [3.05, 3.63) is 77.6 Å². The highest BCUT2D eigenvalue weighted by molar-refractivity contribution is 6.20. The first kappa shape index (κ1) is 17.7. The summed E-state index contributed by atoms with van der Waals surface area (Å²) in [6.07, 6.45) is 1.50. The number of carbonyl (C=O) groups excluding carboxylic acids is 2. The Hall–Kier alpha value is -3.71. The molecule has 1 aromatic heterocycles. The molecule has 28 heavy (non-hydrogen) atoms. The van der Waals surface area contributed by atoms with Crippen molar-refractivity contribution >= 4 is 17.5 Å². The van der Waals surface area contributed by atoms with Crippen molar-refractivity contribution in [3.63, 3.8) is 0 Å². The third kappa shape index (κ3) is 2.97. The van der Waals surface area contributed by atoms with Gasteiger partial charge in [0.25, 0.3) is 11.8 Å². The second-order valence-corrected chi connectivity index (χ2v) is 6.32. The number of nitrogens with zero attached hydrogens (tertiary/aromatic N) is 2. The van der Waals surface area contributed by atoms with Gasteiger partial charge in [-0.25, -0.2) is 0 Å². The molecule has 2 amide bonds. The molecule has 7 nitrogen and oxygen atoms in total. The maximum atomic E-state index is 12.6. The fourth-order valence-corrected chi connectivity index (χ4v) is 3.28. The number of rotatable bonds is 5. The van der Waals surface area contributed by atoms with E-state index in [9.17, 15) is 9.59 Å². The van der Waals surface area contributed by atoms with E-state index < -0.39 is 5.91 Å². The SMILES string of the molecule is COc1ccc(CN2C(=O)c3cccnc3C2=O)cc1-c1cccc(NO)c1. The van der Waals surface area contributed by atoms with Crippen molar-refractivity contribution in [2.75, 3.05) is 12.6 Å². The van der Waals surface area contributed by atoms with E-state index in [1.54, 1.807) is 43.5 Å². The molecule has 0 spiro atoms. The second kappa shape index (κ2) is 7.13. The standard InChI is InChI=1S/C21H17N3O4/c1-28-18-8-7-13(10-17(18)14-4-2-5-15(11-14)23-27)12-24-20(25)16-6-3-9-22-19(16)21(24)26/h2-11,23,27H,12H2,1H3. The number of fused-ring (bicyclic) bond motifs is 1. The quantitative estimate of drug-likeness (QED) is 0.525. The minimum absolute atomic E-state index is 0.128. The predicted molar refractivity (Wildman–Crippen MR) is 102 cm³/mol. The zero-order valence-corrected chi connectivity index (χ0v) is 15.0. The number of carbonyl (C=O) groups is 2. The summed E-state index contributed by atoms with van der Waals surface area (Å²) in [5.74, 6) is -0.107. The molecule has 0 bridgehead atoms. The molecule has 0 atom stereocenters. The van der Waals surface area contributed by atoms with Crippen LogP contribution in [0.15, 0.2) is 60.8 Å². The number of methoxy groups -OCH3 is 1. The molecule has 2 N–H and O–H groups in total. The van der Waals surface area contributed by atoms with Gasteiger partial charge in [-0.2, -0.15) is 0 Å². The van der Waals surface area contributed by atoms with E-state index in [-0.39, 0.29) is 18.1 Å². The average Bonchev–Trinajstić information content (AvgIpc) is 2.99. The lowest BCUT2D eigenvalue weighted by Gasteiger charge is -2.16. The summed E-state index contributed by atoms with van der Waals surface area (Å²) in [5.41, 5.74) is 5.54. The number of imide groups is 1.